The van der Waals surface area contributed by atoms with Crippen molar-refractivity contribution in [3.05, 3.63) is 186 Å². The van der Waals surface area contributed by atoms with E-state index in [4.69, 9.17) is 0 Å². The molecule has 0 amide bonds. The summed E-state index contributed by atoms with van der Waals surface area (Å²) in [6.07, 6.45) is 0. The van der Waals surface area contributed by atoms with Gasteiger partial charge in [0.2, 0.25) is 0 Å². The smallest absolute Gasteiger partial charge is 0.194 e. The monoisotopic (exact) mass is 1150 g/mol. The summed E-state index contributed by atoms with van der Waals surface area (Å²) in [6, 6.07) is 38.7. The average molecular weight is 1150 g/mol. The maximum Gasteiger partial charge on any atom is 0.380 e. The van der Waals surface area contributed by atoms with Crippen LogP contribution < -0.4 is 0 Å². The first-order valence-electron chi connectivity index (χ1n) is 23.1. The lowest BCUT2D eigenvalue weighted by Gasteiger charge is -2.25. The first-order chi connectivity index (χ1) is 35.9. The lowest BCUT2D eigenvalue weighted by molar-refractivity contribution is -0.254. The van der Waals surface area contributed by atoms with Gasteiger partial charge in [0, 0.05) is 71.1 Å². The standard InChI is InChI=1S/C35H22F6S2.C23H14F6S4/c1-19-27(17-29(42-19)25-13-11-21-7-3-5-9-23(21)15-25)31-32(34(38,39)35(40,41)33(31,36)37)28-18-30(43-20(28)2)26-14-12-22-8-4-6-10-24(22)16-26;1-11-13(9-17(32-11)15-5-3-7-30-15)19-20(22(26,27)23(28,29)21(19,24)25)14-10-18(33-12(14)2)16-6-4-8-31-16/h3-18H,1-2H3;3-10H,1-2H3. The lowest BCUT2D eigenvalue weighted by atomic mass is 9.94. The molecule has 0 N–H and O–H groups in total. The van der Waals surface area contributed by atoms with Gasteiger partial charge in [0.05, 0.1) is 0 Å². The number of aryl methyl sites for hydroxylation is 4. The molecule has 4 aromatic carbocycles. The molecule has 76 heavy (non-hydrogen) atoms. The topological polar surface area (TPSA) is 0 Å². The van der Waals surface area contributed by atoms with E-state index in [1.807, 2.05) is 84.9 Å². The van der Waals surface area contributed by atoms with Gasteiger partial charge in [-0.3, -0.25) is 0 Å². The summed E-state index contributed by atoms with van der Waals surface area (Å²) < 4.78 is 183. The van der Waals surface area contributed by atoms with Gasteiger partial charge in [-0.1, -0.05) is 84.9 Å². The summed E-state index contributed by atoms with van der Waals surface area (Å²) >= 11 is 7.18. The molecule has 0 radical (unpaired) electrons. The highest BCUT2D eigenvalue weighted by Crippen LogP contribution is 2.68. The molecular weight excluding hydrogens is 1120 g/mol. The van der Waals surface area contributed by atoms with Crippen LogP contribution in [0, 0.1) is 27.7 Å². The van der Waals surface area contributed by atoms with Gasteiger partial charge in [-0.25, -0.2) is 0 Å². The summed E-state index contributed by atoms with van der Waals surface area (Å²) in [6.45, 7) is 5.98. The van der Waals surface area contributed by atoms with Crippen molar-refractivity contribution in [3.8, 4) is 40.4 Å². The van der Waals surface area contributed by atoms with Crippen molar-refractivity contribution in [2.45, 2.75) is 63.2 Å². The third-order valence-electron chi connectivity index (χ3n) is 13.7. The van der Waals surface area contributed by atoms with Crippen LogP contribution in [0.1, 0.15) is 41.8 Å². The highest BCUT2D eigenvalue weighted by Gasteiger charge is 2.81. The predicted molar refractivity (Wildman–Crippen MR) is 292 cm³/mol. The number of hydrogen-bond donors (Lipinski definition) is 0. The van der Waals surface area contributed by atoms with Crippen LogP contribution in [0.2, 0.25) is 0 Å². The molecule has 0 unspecified atom stereocenters. The fraction of sp³-hybridized carbons (Fsp3) is 0.172. The SMILES string of the molecule is Cc1sc(-c2ccc3ccccc3c2)cc1C1=C(c2cc(-c3ccc4ccccc4c3)sc2C)C(F)(F)C(F)(F)C1(F)F.Cc1sc(-c2cccs2)cc1C1=C(c2cc(-c3cccs3)sc2C)C(F)(F)C(F)(F)C1(F)F. The van der Waals surface area contributed by atoms with Crippen molar-refractivity contribution in [2.75, 3.05) is 0 Å². The number of hydrogen-bond acceptors (Lipinski definition) is 6. The van der Waals surface area contributed by atoms with E-state index in [0.29, 0.717) is 30.6 Å². The minimum atomic E-state index is -5.61. The highest BCUT2D eigenvalue weighted by molar-refractivity contribution is 7.22. The fourth-order valence-corrected chi connectivity index (χ4v) is 15.6. The molecule has 10 aromatic rings. The molecular formula is C58H36F12S6. The van der Waals surface area contributed by atoms with Crippen molar-refractivity contribution in [2.24, 2.45) is 0 Å². The zero-order valence-electron chi connectivity index (χ0n) is 39.8. The number of benzene rings is 4. The van der Waals surface area contributed by atoms with Gasteiger partial charge < -0.3 is 0 Å². The number of halogens is 12. The second-order valence-corrected chi connectivity index (χ2v) is 25.3. The molecule has 6 aromatic heterocycles. The zero-order chi connectivity index (χ0) is 54.1. The first kappa shape index (κ1) is 52.3. The quantitative estimate of drug-likeness (QED) is 0.133. The Balaban J connectivity index is 0.000000168. The summed E-state index contributed by atoms with van der Waals surface area (Å²) in [5.74, 6) is -31.4. The predicted octanol–water partition coefficient (Wildman–Crippen LogP) is 21.6. The van der Waals surface area contributed by atoms with Gasteiger partial charge >= 0.3 is 35.5 Å². The minimum Gasteiger partial charge on any atom is -0.194 e. The molecule has 12 rings (SSSR count). The first-order valence-corrected chi connectivity index (χ1v) is 28.2. The lowest BCUT2D eigenvalue weighted by Crippen LogP contribution is -2.48. The van der Waals surface area contributed by atoms with Crippen molar-refractivity contribution in [1.29, 1.82) is 0 Å². The Hall–Kier alpha value is -5.76. The summed E-state index contributed by atoms with van der Waals surface area (Å²) in [5.41, 5.74) is -4.92. The Morgan fingerprint density at radius 1 is 0.289 bits per heavy atom. The van der Waals surface area contributed by atoms with E-state index in [1.54, 1.807) is 35.0 Å². The summed E-state index contributed by atoms with van der Waals surface area (Å²) in [4.78, 5) is 4.77. The maximum atomic E-state index is 15.7. The zero-order valence-corrected chi connectivity index (χ0v) is 44.7. The van der Waals surface area contributed by atoms with Gasteiger partial charge in [0.25, 0.3) is 0 Å². The van der Waals surface area contributed by atoms with E-state index < -0.39 is 57.8 Å². The van der Waals surface area contributed by atoms with Crippen LogP contribution in [0.4, 0.5) is 52.7 Å². The van der Waals surface area contributed by atoms with Gasteiger partial charge in [-0.05, 0) is 142 Å². The number of rotatable bonds is 8. The van der Waals surface area contributed by atoms with Gasteiger partial charge in [0.1, 0.15) is 0 Å². The second-order valence-electron chi connectivity index (χ2n) is 18.3. The van der Waals surface area contributed by atoms with E-state index in [-0.39, 0.29) is 41.8 Å². The van der Waals surface area contributed by atoms with Crippen LogP contribution >= 0.6 is 68.0 Å². The second kappa shape index (κ2) is 18.4. The molecule has 0 atom stereocenters. The molecule has 2 aliphatic carbocycles. The van der Waals surface area contributed by atoms with Crippen LogP contribution in [0.15, 0.2) is 144 Å². The number of fused-ring (bicyclic) bond motifs is 2. The molecule has 0 saturated heterocycles. The van der Waals surface area contributed by atoms with Crippen molar-refractivity contribution in [1.82, 2.24) is 0 Å². The Kier molecular flexibility index (Phi) is 12.7. The van der Waals surface area contributed by atoms with Gasteiger partial charge in [0.15, 0.2) is 0 Å². The molecule has 0 fully saturated rings. The molecule has 0 bridgehead atoms. The molecule has 0 saturated carbocycles. The van der Waals surface area contributed by atoms with E-state index in [0.717, 1.165) is 76.6 Å². The van der Waals surface area contributed by atoms with Crippen LogP contribution in [0.25, 0.3) is 84.2 Å². The molecule has 18 heteroatoms. The molecule has 0 aliphatic heterocycles. The summed E-state index contributed by atoms with van der Waals surface area (Å²) in [5, 5.41) is 7.35. The Morgan fingerprint density at radius 3 is 0.882 bits per heavy atom. The Morgan fingerprint density at radius 2 is 0.579 bits per heavy atom. The summed E-state index contributed by atoms with van der Waals surface area (Å²) in [7, 11) is 0. The van der Waals surface area contributed by atoms with E-state index in [9.17, 15) is 8.78 Å². The number of thiophene rings is 6. The number of alkyl halides is 12. The molecule has 0 spiro atoms. The third kappa shape index (κ3) is 8.01. The van der Waals surface area contributed by atoms with Crippen LogP contribution in [-0.2, 0) is 0 Å². The van der Waals surface area contributed by atoms with E-state index in [1.165, 1.54) is 74.6 Å². The Labute approximate surface area is 451 Å². The van der Waals surface area contributed by atoms with Crippen molar-refractivity contribution >= 4 is 112 Å². The van der Waals surface area contributed by atoms with Crippen LogP contribution in [0.5, 0.6) is 0 Å². The van der Waals surface area contributed by atoms with Gasteiger partial charge in [-0.15, -0.1) is 68.0 Å². The Bertz CT molecular complexity index is 3700. The molecule has 0 nitrogen and oxygen atoms in total. The molecule has 6 heterocycles. The average Bonchev–Trinajstić information content (AvgIpc) is 4.27. The van der Waals surface area contributed by atoms with Crippen LogP contribution in [-0.4, -0.2) is 35.5 Å². The third-order valence-corrected chi connectivity index (χ3v) is 20.1. The van der Waals surface area contributed by atoms with Crippen LogP contribution in [0.3, 0.4) is 0 Å². The maximum absolute atomic E-state index is 15.7. The highest BCUT2D eigenvalue weighted by atomic mass is 32.1. The molecule has 388 valence electrons. The van der Waals surface area contributed by atoms with E-state index >= 15 is 43.9 Å². The normalized spacial score (nSPS) is 18.0. The van der Waals surface area contributed by atoms with Gasteiger partial charge in [-0.2, -0.15) is 52.7 Å². The van der Waals surface area contributed by atoms with E-state index in [2.05, 4.69) is 0 Å². The number of allylic oxidation sites excluding steroid dienone is 4. The minimum absolute atomic E-state index is 0.256. The largest absolute Gasteiger partial charge is 0.380 e. The van der Waals surface area contributed by atoms with Crippen molar-refractivity contribution < 1.29 is 52.7 Å². The fourth-order valence-electron chi connectivity index (χ4n) is 9.84. The molecule has 2 aliphatic rings. The van der Waals surface area contributed by atoms with Crippen molar-refractivity contribution in [3.63, 3.8) is 0 Å².